The molecule has 4 heteroatoms. The van der Waals surface area contributed by atoms with E-state index in [2.05, 4.69) is 0 Å². The van der Waals surface area contributed by atoms with Crippen LogP contribution in [0.4, 0.5) is 0 Å². The largest absolute Gasteiger partial charge is 0.398 e. The maximum atomic E-state index is 9.82. The lowest BCUT2D eigenvalue weighted by molar-refractivity contribution is -0.0267. The van der Waals surface area contributed by atoms with Gasteiger partial charge in [-0.3, -0.25) is 0 Å². The number of rotatable bonds is 1. The Morgan fingerprint density at radius 1 is 1.57 bits per heavy atom. The SMILES string of the molecule is NC1=CC=CN([C@H]2CCCOC2)C1O. The molecule has 0 aromatic heterocycles. The lowest BCUT2D eigenvalue weighted by atomic mass is 10.1. The summed E-state index contributed by atoms with van der Waals surface area (Å²) in [5.41, 5.74) is 6.15. The highest BCUT2D eigenvalue weighted by molar-refractivity contribution is 5.18. The van der Waals surface area contributed by atoms with Crippen LogP contribution >= 0.6 is 0 Å². The summed E-state index contributed by atoms with van der Waals surface area (Å²) in [5, 5.41) is 9.82. The topological polar surface area (TPSA) is 58.7 Å². The third kappa shape index (κ3) is 1.76. The van der Waals surface area contributed by atoms with E-state index in [0.717, 1.165) is 19.4 Å². The van der Waals surface area contributed by atoms with Crippen LogP contribution in [-0.4, -0.2) is 35.5 Å². The summed E-state index contributed by atoms with van der Waals surface area (Å²) in [5.74, 6) is 0. The van der Waals surface area contributed by atoms with E-state index < -0.39 is 6.23 Å². The fourth-order valence-electron chi connectivity index (χ4n) is 1.87. The average molecular weight is 196 g/mol. The summed E-state index contributed by atoms with van der Waals surface area (Å²) in [6.45, 7) is 1.50. The molecule has 1 fully saturated rings. The molecule has 0 aromatic carbocycles. The van der Waals surface area contributed by atoms with Gasteiger partial charge in [0.2, 0.25) is 0 Å². The molecule has 14 heavy (non-hydrogen) atoms. The van der Waals surface area contributed by atoms with Gasteiger partial charge in [-0.25, -0.2) is 0 Å². The maximum Gasteiger partial charge on any atom is 0.167 e. The van der Waals surface area contributed by atoms with Crippen molar-refractivity contribution in [2.75, 3.05) is 13.2 Å². The van der Waals surface area contributed by atoms with E-state index in [1.807, 2.05) is 17.2 Å². The molecular weight excluding hydrogens is 180 g/mol. The highest BCUT2D eigenvalue weighted by Crippen LogP contribution is 2.20. The monoisotopic (exact) mass is 196 g/mol. The molecule has 2 aliphatic heterocycles. The van der Waals surface area contributed by atoms with Crippen LogP contribution in [0, 0.1) is 0 Å². The van der Waals surface area contributed by atoms with Gasteiger partial charge >= 0.3 is 0 Å². The first-order valence-electron chi connectivity index (χ1n) is 4.96. The average Bonchev–Trinajstić information content (AvgIpc) is 2.23. The number of allylic oxidation sites excluding steroid dienone is 2. The van der Waals surface area contributed by atoms with Gasteiger partial charge < -0.3 is 20.5 Å². The zero-order valence-corrected chi connectivity index (χ0v) is 8.10. The Kier molecular flexibility index (Phi) is 2.74. The molecule has 2 rings (SSSR count). The van der Waals surface area contributed by atoms with Crippen LogP contribution in [0.15, 0.2) is 24.0 Å². The lowest BCUT2D eigenvalue weighted by Gasteiger charge is -2.38. The molecule has 4 nitrogen and oxygen atoms in total. The first kappa shape index (κ1) is 9.55. The molecule has 2 aliphatic rings. The summed E-state index contributed by atoms with van der Waals surface area (Å²) in [6.07, 6.45) is 6.87. The molecule has 2 heterocycles. The highest BCUT2D eigenvalue weighted by atomic mass is 16.5. The molecule has 2 atom stereocenters. The van der Waals surface area contributed by atoms with Crippen molar-refractivity contribution in [2.24, 2.45) is 5.73 Å². The zero-order chi connectivity index (χ0) is 9.97. The van der Waals surface area contributed by atoms with E-state index in [1.165, 1.54) is 0 Å². The second kappa shape index (κ2) is 4.02. The predicted octanol–water partition coefficient (Wildman–Crippen LogP) is 0.156. The van der Waals surface area contributed by atoms with E-state index in [0.29, 0.717) is 12.3 Å². The first-order chi connectivity index (χ1) is 6.79. The van der Waals surface area contributed by atoms with Crippen molar-refractivity contribution in [1.82, 2.24) is 4.90 Å². The van der Waals surface area contributed by atoms with Crippen molar-refractivity contribution < 1.29 is 9.84 Å². The molecule has 3 N–H and O–H groups in total. The van der Waals surface area contributed by atoms with Crippen LogP contribution in [-0.2, 0) is 4.74 Å². The number of nitrogens with two attached hydrogens (primary N) is 1. The van der Waals surface area contributed by atoms with Crippen LogP contribution in [0.5, 0.6) is 0 Å². The van der Waals surface area contributed by atoms with E-state index in [4.69, 9.17) is 10.5 Å². The van der Waals surface area contributed by atoms with Crippen molar-refractivity contribution in [3.05, 3.63) is 24.0 Å². The molecule has 0 aromatic rings. The summed E-state index contributed by atoms with van der Waals surface area (Å²) < 4.78 is 5.37. The molecule has 1 saturated heterocycles. The van der Waals surface area contributed by atoms with E-state index >= 15 is 0 Å². The standard InChI is InChI=1S/C10H16N2O2/c11-9-4-1-5-12(10(9)13)8-3-2-6-14-7-8/h1,4-5,8,10,13H,2-3,6-7,11H2/t8-,10?/m0/s1. The summed E-state index contributed by atoms with van der Waals surface area (Å²) >= 11 is 0. The molecule has 0 amide bonds. The molecule has 0 saturated carbocycles. The van der Waals surface area contributed by atoms with Crippen molar-refractivity contribution in [1.29, 1.82) is 0 Å². The number of hydrogen-bond donors (Lipinski definition) is 2. The fourth-order valence-corrected chi connectivity index (χ4v) is 1.87. The lowest BCUT2D eigenvalue weighted by Crippen LogP contribution is -2.46. The molecule has 1 unspecified atom stereocenters. The first-order valence-corrected chi connectivity index (χ1v) is 4.96. The maximum absolute atomic E-state index is 9.82. The third-order valence-electron chi connectivity index (χ3n) is 2.69. The van der Waals surface area contributed by atoms with Crippen molar-refractivity contribution in [3.63, 3.8) is 0 Å². The van der Waals surface area contributed by atoms with Crippen molar-refractivity contribution in [3.8, 4) is 0 Å². The summed E-state index contributed by atoms with van der Waals surface area (Å²) in [7, 11) is 0. The number of ether oxygens (including phenoxy) is 1. The van der Waals surface area contributed by atoms with Gasteiger partial charge in [0.05, 0.1) is 18.3 Å². The Bertz CT molecular complexity index is 257. The minimum atomic E-state index is -0.688. The van der Waals surface area contributed by atoms with Gasteiger partial charge in [-0.1, -0.05) is 0 Å². The van der Waals surface area contributed by atoms with E-state index in [-0.39, 0.29) is 6.04 Å². The van der Waals surface area contributed by atoms with E-state index in [9.17, 15) is 5.11 Å². The molecule has 78 valence electrons. The van der Waals surface area contributed by atoms with Crippen LogP contribution in [0.1, 0.15) is 12.8 Å². The van der Waals surface area contributed by atoms with Crippen LogP contribution in [0.2, 0.25) is 0 Å². The minimum Gasteiger partial charge on any atom is -0.398 e. The third-order valence-corrected chi connectivity index (χ3v) is 2.69. The van der Waals surface area contributed by atoms with Gasteiger partial charge in [0, 0.05) is 12.8 Å². The van der Waals surface area contributed by atoms with Gasteiger partial charge in [0.25, 0.3) is 0 Å². The van der Waals surface area contributed by atoms with Crippen LogP contribution < -0.4 is 5.73 Å². The van der Waals surface area contributed by atoms with E-state index in [1.54, 1.807) is 6.08 Å². The normalized spacial score (nSPS) is 32.9. The minimum absolute atomic E-state index is 0.252. The van der Waals surface area contributed by atoms with Gasteiger partial charge in [-0.2, -0.15) is 0 Å². The van der Waals surface area contributed by atoms with Crippen molar-refractivity contribution in [2.45, 2.75) is 25.1 Å². The van der Waals surface area contributed by atoms with Crippen LogP contribution in [0.25, 0.3) is 0 Å². The van der Waals surface area contributed by atoms with Gasteiger partial charge in [-0.05, 0) is 25.0 Å². The number of aliphatic hydroxyl groups excluding tert-OH is 1. The fraction of sp³-hybridized carbons (Fsp3) is 0.600. The van der Waals surface area contributed by atoms with Gasteiger partial charge in [-0.15, -0.1) is 0 Å². The second-order valence-electron chi connectivity index (χ2n) is 3.70. The van der Waals surface area contributed by atoms with Crippen LogP contribution in [0.3, 0.4) is 0 Å². The predicted molar refractivity (Wildman–Crippen MR) is 53.1 cm³/mol. The molecule has 0 radical (unpaired) electrons. The van der Waals surface area contributed by atoms with Gasteiger partial charge in [0.15, 0.2) is 6.23 Å². The molecule has 0 spiro atoms. The highest BCUT2D eigenvalue weighted by Gasteiger charge is 2.26. The Morgan fingerprint density at radius 2 is 2.43 bits per heavy atom. The number of hydrogen-bond acceptors (Lipinski definition) is 4. The Morgan fingerprint density at radius 3 is 3.14 bits per heavy atom. The summed E-state index contributed by atoms with van der Waals surface area (Å²) in [4.78, 5) is 1.87. The zero-order valence-electron chi connectivity index (χ0n) is 8.10. The summed E-state index contributed by atoms with van der Waals surface area (Å²) in [6, 6.07) is 0.252. The number of nitrogens with zero attached hydrogens (tertiary/aromatic N) is 1. The Balaban J connectivity index is 2.03. The Hall–Kier alpha value is -1.00. The second-order valence-corrected chi connectivity index (χ2v) is 3.70. The number of aliphatic hydroxyl groups is 1. The quantitative estimate of drug-likeness (QED) is 0.627. The molecule has 0 bridgehead atoms. The molecular formula is C10H16N2O2. The molecule has 0 aliphatic carbocycles. The van der Waals surface area contributed by atoms with Gasteiger partial charge in [0.1, 0.15) is 0 Å². The van der Waals surface area contributed by atoms with Crippen molar-refractivity contribution >= 4 is 0 Å². The Labute approximate surface area is 83.6 Å². The smallest absolute Gasteiger partial charge is 0.167 e.